The second-order valence-corrected chi connectivity index (χ2v) is 7.90. The van der Waals surface area contributed by atoms with Gasteiger partial charge in [0.05, 0.1) is 13.7 Å². The Kier molecular flexibility index (Phi) is 5.48. The smallest absolute Gasteiger partial charge is 0.151 e. The Morgan fingerprint density at radius 2 is 1.96 bits per heavy atom. The summed E-state index contributed by atoms with van der Waals surface area (Å²) in [5.74, 6) is 1.78. The summed E-state index contributed by atoms with van der Waals surface area (Å²) in [6.45, 7) is 9.98. The molecule has 0 saturated carbocycles. The molecule has 1 fully saturated rings. The van der Waals surface area contributed by atoms with Crippen LogP contribution >= 0.6 is 0 Å². The van der Waals surface area contributed by atoms with Gasteiger partial charge in [-0.05, 0) is 55.5 Å². The van der Waals surface area contributed by atoms with E-state index in [1.165, 1.54) is 18.4 Å². The highest BCUT2D eigenvalue weighted by molar-refractivity contribution is 5.68. The van der Waals surface area contributed by atoms with Gasteiger partial charge in [0.1, 0.15) is 11.4 Å². The molecule has 136 valence electrons. The lowest BCUT2D eigenvalue weighted by molar-refractivity contribution is 0.117. The Morgan fingerprint density at radius 1 is 1.20 bits per heavy atom. The lowest BCUT2D eigenvalue weighted by Crippen LogP contribution is -2.36. The van der Waals surface area contributed by atoms with Crippen LogP contribution in [0.15, 0.2) is 28.8 Å². The molecule has 0 atom stereocenters. The zero-order valence-corrected chi connectivity index (χ0v) is 16.0. The Hall–Kier alpha value is -1.81. The zero-order chi connectivity index (χ0) is 17.9. The predicted octanol–water partition coefficient (Wildman–Crippen LogP) is 4.92. The largest absolute Gasteiger partial charge is 0.496 e. The summed E-state index contributed by atoms with van der Waals surface area (Å²) in [5.41, 5.74) is 3.65. The molecule has 1 aliphatic heterocycles. The molecule has 25 heavy (non-hydrogen) atoms. The number of likely N-dealkylation sites (tertiary alicyclic amines) is 1. The molecular weight excluding hydrogens is 312 g/mol. The fraction of sp³-hybridized carbons (Fsp3) is 0.571. The fourth-order valence-electron chi connectivity index (χ4n) is 3.45. The minimum atomic E-state index is 0.468. The lowest BCUT2D eigenvalue weighted by atomic mass is 9.83. The molecule has 1 aromatic carbocycles. The average Bonchev–Trinajstić information content (AvgIpc) is 3.05. The van der Waals surface area contributed by atoms with E-state index < -0.39 is 0 Å². The molecule has 0 N–H and O–H groups in total. The summed E-state index contributed by atoms with van der Waals surface area (Å²) in [4.78, 5) is 2.46. The van der Waals surface area contributed by atoms with Gasteiger partial charge in [-0.15, -0.1) is 0 Å². The molecule has 1 aromatic heterocycles. The van der Waals surface area contributed by atoms with Crippen LogP contribution in [0.4, 0.5) is 0 Å². The van der Waals surface area contributed by atoms with E-state index in [9.17, 15) is 0 Å². The van der Waals surface area contributed by atoms with Gasteiger partial charge in [0.25, 0.3) is 0 Å². The van der Waals surface area contributed by atoms with Crippen molar-refractivity contribution >= 4 is 0 Å². The van der Waals surface area contributed by atoms with E-state index in [1.54, 1.807) is 7.11 Å². The van der Waals surface area contributed by atoms with Crippen molar-refractivity contribution in [2.75, 3.05) is 20.2 Å². The number of hydrogen-bond acceptors (Lipinski definition) is 4. The number of piperidine rings is 1. The Bertz CT molecular complexity index is 696. The van der Waals surface area contributed by atoms with Crippen LogP contribution in [0.5, 0.6) is 5.75 Å². The minimum absolute atomic E-state index is 0.468. The first-order valence-corrected chi connectivity index (χ1v) is 9.36. The second kappa shape index (κ2) is 7.61. The molecule has 3 rings (SSSR count). The van der Waals surface area contributed by atoms with Gasteiger partial charge in [-0.1, -0.05) is 38.4 Å². The molecule has 1 saturated heterocycles. The summed E-state index contributed by atoms with van der Waals surface area (Å²) < 4.78 is 11.1. The first-order valence-electron chi connectivity index (χ1n) is 9.36. The number of aryl methyl sites for hydroxylation is 1. The van der Waals surface area contributed by atoms with Crippen molar-refractivity contribution in [3.05, 3.63) is 35.6 Å². The molecule has 4 nitrogen and oxygen atoms in total. The summed E-state index contributed by atoms with van der Waals surface area (Å²) >= 11 is 0. The number of hydrogen-bond donors (Lipinski definition) is 0. The van der Waals surface area contributed by atoms with Gasteiger partial charge < -0.3 is 9.26 Å². The third kappa shape index (κ3) is 4.43. The number of methoxy groups -OCH3 is 1. The number of ether oxygens (including phenoxy) is 1. The standard InChI is InChI=1S/C21H30N2O2/c1-5-6-16-7-8-20(24-4)18(13-16)19-14-17(25-22-19)15-23-11-9-21(2,3)10-12-23/h7-8,13-14H,5-6,9-12,15H2,1-4H3. The molecule has 1 aliphatic rings. The SMILES string of the molecule is CCCc1ccc(OC)c(-c2cc(CN3CCC(C)(C)CC3)on2)c1. The normalized spacial score (nSPS) is 17.6. The van der Waals surface area contributed by atoms with Crippen LogP contribution < -0.4 is 4.74 Å². The zero-order valence-electron chi connectivity index (χ0n) is 16.0. The maximum absolute atomic E-state index is 5.63. The van der Waals surface area contributed by atoms with Crippen molar-refractivity contribution in [3.8, 4) is 17.0 Å². The van der Waals surface area contributed by atoms with Crippen molar-refractivity contribution in [2.24, 2.45) is 5.41 Å². The quantitative estimate of drug-likeness (QED) is 0.746. The maximum atomic E-state index is 5.63. The number of rotatable bonds is 6. The van der Waals surface area contributed by atoms with E-state index >= 15 is 0 Å². The van der Waals surface area contributed by atoms with Crippen molar-refractivity contribution in [2.45, 2.75) is 53.0 Å². The Balaban J connectivity index is 1.74. The molecule has 0 amide bonds. The van der Waals surface area contributed by atoms with Crippen LogP contribution in [0.3, 0.4) is 0 Å². The summed E-state index contributed by atoms with van der Waals surface area (Å²) in [7, 11) is 1.70. The topological polar surface area (TPSA) is 38.5 Å². The van der Waals surface area contributed by atoms with Crippen molar-refractivity contribution < 1.29 is 9.26 Å². The van der Waals surface area contributed by atoms with Gasteiger partial charge in [0, 0.05) is 11.6 Å². The molecule has 0 aliphatic carbocycles. The molecule has 2 heterocycles. The van der Waals surface area contributed by atoms with E-state index in [4.69, 9.17) is 9.26 Å². The third-order valence-electron chi connectivity index (χ3n) is 5.23. The summed E-state index contributed by atoms with van der Waals surface area (Å²) in [5, 5.41) is 4.31. The molecule has 0 unspecified atom stereocenters. The van der Waals surface area contributed by atoms with Gasteiger partial charge in [-0.2, -0.15) is 0 Å². The first-order chi connectivity index (χ1) is 12.0. The first kappa shape index (κ1) is 18.0. The lowest BCUT2D eigenvalue weighted by Gasteiger charge is -2.36. The maximum Gasteiger partial charge on any atom is 0.151 e. The van der Waals surface area contributed by atoms with Gasteiger partial charge in [0.15, 0.2) is 5.76 Å². The molecule has 4 heteroatoms. The molecule has 0 radical (unpaired) electrons. The van der Waals surface area contributed by atoms with E-state index in [0.717, 1.165) is 55.2 Å². The van der Waals surface area contributed by atoms with Gasteiger partial charge >= 0.3 is 0 Å². The molecule has 0 spiro atoms. The van der Waals surface area contributed by atoms with Gasteiger partial charge in [0.2, 0.25) is 0 Å². The Morgan fingerprint density at radius 3 is 2.64 bits per heavy atom. The molecule has 0 bridgehead atoms. The van der Waals surface area contributed by atoms with Crippen LogP contribution in [-0.4, -0.2) is 30.3 Å². The highest BCUT2D eigenvalue weighted by atomic mass is 16.5. The Labute approximate surface area is 151 Å². The van der Waals surface area contributed by atoms with Crippen LogP contribution in [-0.2, 0) is 13.0 Å². The highest BCUT2D eigenvalue weighted by Crippen LogP contribution is 2.33. The number of benzene rings is 1. The van der Waals surface area contributed by atoms with Crippen molar-refractivity contribution in [1.82, 2.24) is 10.1 Å². The fourth-order valence-corrected chi connectivity index (χ4v) is 3.45. The summed E-state index contributed by atoms with van der Waals surface area (Å²) in [6.07, 6.45) is 4.66. The van der Waals surface area contributed by atoms with Gasteiger partial charge in [-0.25, -0.2) is 0 Å². The van der Waals surface area contributed by atoms with Crippen molar-refractivity contribution in [1.29, 1.82) is 0 Å². The van der Waals surface area contributed by atoms with E-state index in [1.807, 2.05) is 6.07 Å². The predicted molar refractivity (Wildman–Crippen MR) is 101 cm³/mol. The van der Waals surface area contributed by atoms with Crippen LogP contribution in [0.2, 0.25) is 0 Å². The van der Waals surface area contributed by atoms with Crippen molar-refractivity contribution in [3.63, 3.8) is 0 Å². The monoisotopic (exact) mass is 342 g/mol. The number of nitrogens with zero attached hydrogens (tertiary/aromatic N) is 2. The summed E-state index contributed by atoms with van der Waals surface area (Å²) in [6, 6.07) is 8.39. The average molecular weight is 342 g/mol. The molecule has 2 aromatic rings. The second-order valence-electron chi connectivity index (χ2n) is 7.90. The van der Waals surface area contributed by atoms with Crippen LogP contribution in [0.1, 0.15) is 51.4 Å². The van der Waals surface area contributed by atoms with E-state index in [-0.39, 0.29) is 0 Å². The number of aromatic nitrogens is 1. The molecular formula is C21H30N2O2. The van der Waals surface area contributed by atoms with E-state index in [2.05, 4.69) is 49.0 Å². The van der Waals surface area contributed by atoms with Crippen LogP contribution in [0.25, 0.3) is 11.3 Å². The minimum Gasteiger partial charge on any atom is -0.496 e. The van der Waals surface area contributed by atoms with Gasteiger partial charge in [-0.3, -0.25) is 4.90 Å². The van der Waals surface area contributed by atoms with Crippen LogP contribution in [0, 0.1) is 5.41 Å². The third-order valence-corrected chi connectivity index (χ3v) is 5.23. The van der Waals surface area contributed by atoms with E-state index in [0.29, 0.717) is 5.41 Å². The highest BCUT2D eigenvalue weighted by Gasteiger charge is 2.26.